The molecule has 0 bridgehead atoms. The van der Waals surface area contributed by atoms with Gasteiger partial charge in [0.05, 0.1) is 17.6 Å². The fraction of sp³-hybridized carbons (Fsp3) is 0.273. The number of hydrogen-bond acceptors (Lipinski definition) is 5. The summed E-state index contributed by atoms with van der Waals surface area (Å²) in [6, 6.07) is 14.5. The van der Waals surface area contributed by atoms with Gasteiger partial charge >= 0.3 is 0 Å². The molecule has 3 rings (SSSR count). The van der Waals surface area contributed by atoms with E-state index in [9.17, 15) is 9.59 Å². The highest BCUT2D eigenvalue weighted by Crippen LogP contribution is 2.27. The van der Waals surface area contributed by atoms with Crippen molar-refractivity contribution >= 4 is 29.3 Å². The number of amides is 1. The predicted molar refractivity (Wildman–Crippen MR) is 117 cm³/mol. The van der Waals surface area contributed by atoms with Crippen molar-refractivity contribution < 1.29 is 13.9 Å². The summed E-state index contributed by atoms with van der Waals surface area (Å²) in [5, 5.41) is 6.43. The molecule has 1 aromatic heterocycles. The first-order valence-corrected chi connectivity index (χ1v) is 9.23. The first kappa shape index (κ1) is 22.6. The zero-order chi connectivity index (χ0) is 19.9. The van der Waals surface area contributed by atoms with Crippen molar-refractivity contribution in [2.45, 2.75) is 6.92 Å². The summed E-state index contributed by atoms with van der Waals surface area (Å²) in [5.41, 5.74) is 1.86. The summed E-state index contributed by atoms with van der Waals surface area (Å²) >= 11 is 0. The molecule has 7 heteroatoms. The molecule has 0 aliphatic rings. The van der Waals surface area contributed by atoms with Gasteiger partial charge in [-0.3, -0.25) is 9.59 Å². The Morgan fingerprint density at radius 3 is 2.52 bits per heavy atom. The summed E-state index contributed by atoms with van der Waals surface area (Å²) in [7, 11) is 1.64. The van der Waals surface area contributed by atoms with Gasteiger partial charge in [0.2, 0.25) is 0 Å². The van der Waals surface area contributed by atoms with Gasteiger partial charge in [-0.1, -0.05) is 36.4 Å². The fourth-order valence-electron chi connectivity index (χ4n) is 3.01. The maximum atomic E-state index is 12.8. The highest BCUT2D eigenvalue weighted by atomic mass is 35.5. The molecule has 0 aliphatic heterocycles. The molecule has 2 aromatic carbocycles. The van der Waals surface area contributed by atoms with Gasteiger partial charge in [-0.15, -0.1) is 12.4 Å². The number of para-hydroxylation sites is 1. The van der Waals surface area contributed by atoms with Crippen LogP contribution in [0.4, 0.5) is 0 Å². The number of ether oxygens (including phenoxy) is 1. The number of nitrogens with one attached hydrogen (secondary N) is 2. The van der Waals surface area contributed by atoms with E-state index in [2.05, 4.69) is 10.6 Å². The van der Waals surface area contributed by atoms with Crippen LogP contribution >= 0.6 is 12.4 Å². The number of carbonyl (C=O) groups is 1. The van der Waals surface area contributed by atoms with Crippen molar-refractivity contribution in [3.05, 3.63) is 69.9 Å². The minimum atomic E-state index is -0.273. The van der Waals surface area contributed by atoms with Gasteiger partial charge in [0.15, 0.2) is 11.0 Å². The topological polar surface area (TPSA) is 80.6 Å². The van der Waals surface area contributed by atoms with E-state index in [1.54, 1.807) is 32.2 Å². The third kappa shape index (κ3) is 5.23. The van der Waals surface area contributed by atoms with Gasteiger partial charge in [0.1, 0.15) is 5.76 Å². The number of halogens is 1. The smallest absolute Gasteiger partial charge is 0.255 e. The highest BCUT2D eigenvalue weighted by Gasteiger charge is 2.18. The molecular formula is C22H25ClN2O4. The Kier molecular flexibility index (Phi) is 8.39. The molecule has 0 atom stereocenters. The summed E-state index contributed by atoms with van der Waals surface area (Å²) in [5.74, 6) is 0.213. The van der Waals surface area contributed by atoms with E-state index in [1.807, 2.05) is 30.3 Å². The third-order valence-corrected chi connectivity index (χ3v) is 4.50. The molecule has 6 nitrogen and oxygen atoms in total. The molecule has 0 radical (unpaired) electrons. The normalized spacial score (nSPS) is 10.6. The quantitative estimate of drug-likeness (QED) is 0.551. The van der Waals surface area contributed by atoms with Crippen LogP contribution < -0.4 is 16.1 Å². The molecule has 1 heterocycles. The average Bonchev–Trinajstić information content (AvgIpc) is 2.73. The van der Waals surface area contributed by atoms with Crippen LogP contribution in [0, 0.1) is 6.92 Å². The molecule has 0 fully saturated rings. The molecule has 0 saturated carbocycles. The predicted octanol–water partition coefficient (Wildman–Crippen LogP) is 3.16. The van der Waals surface area contributed by atoms with Crippen LogP contribution in [-0.2, 0) is 4.74 Å². The lowest BCUT2D eigenvalue weighted by Gasteiger charge is -2.11. The van der Waals surface area contributed by atoms with Crippen molar-refractivity contribution in [3.63, 3.8) is 0 Å². The Morgan fingerprint density at radius 2 is 1.79 bits per heavy atom. The lowest BCUT2D eigenvalue weighted by Crippen LogP contribution is -2.33. The van der Waals surface area contributed by atoms with Crippen LogP contribution in [-0.4, -0.2) is 39.3 Å². The average molecular weight is 417 g/mol. The number of methoxy groups -OCH3 is 1. The van der Waals surface area contributed by atoms with Crippen LogP contribution in [0.15, 0.2) is 57.7 Å². The van der Waals surface area contributed by atoms with E-state index in [0.717, 1.165) is 12.1 Å². The number of rotatable bonds is 8. The zero-order valence-electron chi connectivity index (χ0n) is 16.5. The Balaban J connectivity index is 0.00000300. The van der Waals surface area contributed by atoms with Gasteiger partial charge in [0.25, 0.3) is 5.91 Å². The van der Waals surface area contributed by atoms with Crippen molar-refractivity contribution in [1.29, 1.82) is 0 Å². The molecule has 3 aromatic rings. The molecule has 29 heavy (non-hydrogen) atoms. The molecule has 0 unspecified atom stereocenters. The Hall–Kier alpha value is -2.67. The zero-order valence-corrected chi connectivity index (χ0v) is 17.3. The van der Waals surface area contributed by atoms with Crippen LogP contribution in [0.3, 0.4) is 0 Å². The molecule has 1 amide bonds. The summed E-state index contributed by atoms with van der Waals surface area (Å²) in [6.07, 6.45) is 0. The maximum absolute atomic E-state index is 12.8. The van der Waals surface area contributed by atoms with Crippen molar-refractivity contribution in [1.82, 2.24) is 10.6 Å². The van der Waals surface area contributed by atoms with Crippen LogP contribution in [0.5, 0.6) is 0 Å². The molecular weight excluding hydrogens is 392 g/mol. The van der Waals surface area contributed by atoms with E-state index in [0.29, 0.717) is 47.6 Å². The minimum Gasteiger partial charge on any atom is -0.455 e. The van der Waals surface area contributed by atoms with E-state index in [4.69, 9.17) is 9.15 Å². The van der Waals surface area contributed by atoms with Crippen LogP contribution in [0.25, 0.3) is 22.3 Å². The first-order chi connectivity index (χ1) is 13.6. The molecule has 154 valence electrons. The summed E-state index contributed by atoms with van der Waals surface area (Å²) in [4.78, 5) is 25.5. The van der Waals surface area contributed by atoms with E-state index >= 15 is 0 Å². The Morgan fingerprint density at radius 1 is 1.03 bits per heavy atom. The van der Waals surface area contributed by atoms with Gasteiger partial charge < -0.3 is 19.8 Å². The monoisotopic (exact) mass is 416 g/mol. The second-order valence-corrected chi connectivity index (χ2v) is 6.43. The van der Waals surface area contributed by atoms with Crippen LogP contribution in [0.1, 0.15) is 15.9 Å². The number of hydrogen-bond donors (Lipinski definition) is 2. The SMILES string of the molecule is COCCNCCNC(=O)c1cccc2c(=O)c(C)c(-c3ccccc3)oc12.Cl. The highest BCUT2D eigenvalue weighted by molar-refractivity contribution is 6.05. The summed E-state index contributed by atoms with van der Waals surface area (Å²) < 4.78 is 11.0. The van der Waals surface area contributed by atoms with Gasteiger partial charge in [-0.25, -0.2) is 0 Å². The first-order valence-electron chi connectivity index (χ1n) is 9.23. The third-order valence-electron chi connectivity index (χ3n) is 4.50. The lowest BCUT2D eigenvalue weighted by atomic mass is 10.0. The van der Waals surface area contributed by atoms with Gasteiger partial charge in [0, 0.05) is 37.9 Å². The molecule has 2 N–H and O–H groups in total. The molecule has 0 spiro atoms. The van der Waals surface area contributed by atoms with Crippen molar-refractivity contribution in [2.75, 3.05) is 33.4 Å². The molecule has 0 aliphatic carbocycles. The van der Waals surface area contributed by atoms with Crippen molar-refractivity contribution in [2.24, 2.45) is 0 Å². The lowest BCUT2D eigenvalue weighted by molar-refractivity contribution is 0.0954. The van der Waals surface area contributed by atoms with E-state index in [-0.39, 0.29) is 23.7 Å². The second-order valence-electron chi connectivity index (χ2n) is 6.43. The standard InChI is InChI=1S/C22H24N2O4.ClH/c1-15-19(25)17-9-6-10-18(22(26)24-12-11-23-13-14-27-2)21(17)28-20(15)16-7-4-3-5-8-16;/h3-10,23H,11-14H2,1-2H3,(H,24,26);1H. The largest absolute Gasteiger partial charge is 0.455 e. The van der Waals surface area contributed by atoms with E-state index < -0.39 is 0 Å². The second kappa shape index (κ2) is 10.8. The summed E-state index contributed by atoms with van der Waals surface area (Å²) in [6.45, 7) is 4.16. The fourth-order valence-corrected chi connectivity index (χ4v) is 3.01. The van der Waals surface area contributed by atoms with Gasteiger partial charge in [-0.2, -0.15) is 0 Å². The molecule has 0 saturated heterocycles. The van der Waals surface area contributed by atoms with Crippen LogP contribution in [0.2, 0.25) is 0 Å². The minimum absolute atomic E-state index is 0. The number of carbonyl (C=O) groups excluding carboxylic acids is 1. The maximum Gasteiger partial charge on any atom is 0.255 e. The van der Waals surface area contributed by atoms with E-state index in [1.165, 1.54) is 0 Å². The number of fused-ring (bicyclic) bond motifs is 1. The van der Waals surface area contributed by atoms with Gasteiger partial charge in [-0.05, 0) is 19.1 Å². The van der Waals surface area contributed by atoms with Crippen molar-refractivity contribution in [3.8, 4) is 11.3 Å². The Labute approximate surface area is 175 Å². The Bertz CT molecular complexity index is 1020. The number of benzene rings is 2.